The molecule has 166 valence electrons. The van der Waals surface area contributed by atoms with Gasteiger partial charge in [0.1, 0.15) is 12.9 Å². The van der Waals surface area contributed by atoms with Gasteiger partial charge in [0.05, 0.1) is 27.2 Å². The molecule has 33 heavy (non-hydrogen) atoms. The zero-order valence-electron chi connectivity index (χ0n) is 18.2. The quantitative estimate of drug-likeness (QED) is 0.271. The van der Waals surface area contributed by atoms with Crippen molar-refractivity contribution < 1.29 is 4.74 Å². The first kappa shape index (κ1) is 20.4. The fraction of sp³-hybridized carbons (Fsp3) is 0.269. The van der Waals surface area contributed by atoms with Crippen LogP contribution in [0.15, 0.2) is 71.9 Å². The lowest BCUT2D eigenvalue weighted by atomic mass is 9.95. The monoisotopic (exact) mass is 501 g/mol. The molecule has 6 rings (SSSR count). The van der Waals surface area contributed by atoms with E-state index in [1.165, 1.54) is 37.6 Å². The Kier molecular flexibility index (Phi) is 5.34. The Morgan fingerprint density at radius 1 is 0.970 bits per heavy atom. The molecule has 0 saturated heterocycles. The van der Waals surface area contributed by atoms with Gasteiger partial charge in [-0.15, -0.1) is 0 Å². The average molecular weight is 502 g/mol. The Morgan fingerprint density at radius 2 is 1.82 bits per heavy atom. The normalized spacial score (nSPS) is 14.8. The molecule has 7 heteroatoms. The fourth-order valence-corrected chi connectivity index (χ4v) is 5.40. The largest absolute Gasteiger partial charge is 0.472 e. The van der Waals surface area contributed by atoms with Gasteiger partial charge in [-0.2, -0.15) is 0 Å². The zero-order valence-corrected chi connectivity index (χ0v) is 19.8. The van der Waals surface area contributed by atoms with Crippen LogP contribution >= 0.6 is 15.9 Å². The van der Waals surface area contributed by atoms with E-state index < -0.39 is 0 Å². The van der Waals surface area contributed by atoms with Crippen LogP contribution in [0, 0.1) is 0 Å². The van der Waals surface area contributed by atoms with Gasteiger partial charge in [0, 0.05) is 17.9 Å². The Balaban J connectivity index is 1.35. The molecule has 2 aromatic carbocycles. The first-order valence-electron chi connectivity index (χ1n) is 11.4. The Morgan fingerprint density at radius 3 is 2.67 bits per heavy atom. The molecule has 1 aliphatic rings. The lowest BCUT2D eigenvalue weighted by Gasteiger charge is -2.23. The summed E-state index contributed by atoms with van der Waals surface area (Å²) in [5.74, 6) is 0.567. The number of hydrogen-bond donors (Lipinski definition) is 0. The minimum Gasteiger partial charge on any atom is -0.472 e. The van der Waals surface area contributed by atoms with Crippen molar-refractivity contribution in [2.24, 2.45) is 0 Å². The van der Waals surface area contributed by atoms with E-state index in [4.69, 9.17) is 9.72 Å². The van der Waals surface area contributed by atoms with Gasteiger partial charge in [0.2, 0.25) is 5.88 Å². The summed E-state index contributed by atoms with van der Waals surface area (Å²) in [4.78, 5) is 13.7. The van der Waals surface area contributed by atoms with Crippen LogP contribution in [0.4, 0.5) is 0 Å². The molecular weight excluding hydrogens is 478 g/mol. The molecule has 0 N–H and O–H groups in total. The summed E-state index contributed by atoms with van der Waals surface area (Å²) in [5.41, 5.74) is 5.11. The first-order chi connectivity index (χ1) is 16.3. The number of aromatic nitrogens is 5. The maximum Gasteiger partial charge on any atom is 0.227 e. The van der Waals surface area contributed by atoms with E-state index in [-0.39, 0.29) is 0 Å². The third kappa shape index (κ3) is 3.80. The Bertz CT molecular complexity index is 1420. The highest BCUT2D eigenvalue weighted by atomic mass is 79.9. The smallest absolute Gasteiger partial charge is 0.227 e. The van der Waals surface area contributed by atoms with Crippen LogP contribution in [0.2, 0.25) is 0 Å². The Hall–Kier alpha value is -3.19. The second kappa shape index (κ2) is 8.63. The lowest BCUT2D eigenvalue weighted by molar-refractivity contribution is 0.297. The van der Waals surface area contributed by atoms with Gasteiger partial charge in [-0.3, -0.25) is 4.57 Å². The van der Waals surface area contributed by atoms with Crippen LogP contribution in [0.5, 0.6) is 5.88 Å². The van der Waals surface area contributed by atoms with Crippen LogP contribution in [-0.2, 0) is 6.61 Å². The summed E-state index contributed by atoms with van der Waals surface area (Å²) in [6, 6.07) is 17.1. The molecule has 0 spiro atoms. The summed E-state index contributed by atoms with van der Waals surface area (Å²) >= 11 is 3.70. The van der Waals surface area contributed by atoms with E-state index in [1.807, 2.05) is 42.9 Å². The average Bonchev–Trinajstić information content (AvgIpc) is 3.45. The molecule has 0 bridgehead atoms. The second-order valence-corrected chi connectivity index (χ2v) is 9.47. The van der Waals surface area contributed by atoms with E-state index in [1.54, 1.807) is 6.33 Å². The SMILES string of the molecule is Brc1cn(-c2ccc3c(c2)ncn3C2CCCCC2)c2ncnc(OCc3ccccc3)c12. The van der Waals surface area contributed by atoms with Crippen molar-refractivity contribution >= 4 is 38.0 Å². The molecule has 1 saturated carbocycles. The first-order valence-corrected chi connectivity index (χ1v) is 12.2. The summed E-state index contributed by atoms with van der Waals surface area (Å²) in [6.45, 7) is 0.454. The molecule has 1 fully saturated rings. The predicted molar refractivity (Wildman–Crippen MR) is 133 cm³/mol. The van der Waals surface area contributed by atoms with Gasteiger partial charge in [-0.1, -0.05) is 49.6 Å². The predicted octanol–water partition coefficient (Wildman–Crippen LogP) is 6.62. The van der Waals surface area contributed by atoms with Crippen LogP contribution < -0.4 is 4.74 Å². The van der Waals surface area contributed by atoms with Crippen molar-refractivity contribution in [2.45, 2.75) is 44.8 Å². The molecule has 5 aromatic rings. The molecule has 0 radical (unpaired) electrons. The third-order valence-corrected chi connectivity index (χ3v) is 7.13. The highest BCUT2D eigenvalue weighted by Gasteiger charge is 2.19. The Labute approximate surface area is 200 Å². The topological polar surface area (TPSA) is 57.8 Å². The fourth-order valence-electron chi connectivity index (χ4n) is 4.84. The van der Waals surface area contributed by atoms with Gasteiger partial charge < -0.3 is 9.30 Å². The van der Waals surface area contributed by atoms with Crippen molar-refractivity contribution in [1.29, 1.82) is 0 Å². The molecule has 3 aromatic heterocycles. The molecule has 0 aliphatic heterocycles. The van der Waals surface area contributed by atoms with Crippen LogP contribution in [0.1, 0.15) is 43.7 Å². The molecule has 1 aliphatic carbocycles. The van der Waals surface area contributed by atoms with Crippen molar-refractivity contribution in [1.82, 2.24) is 24.1 Å². The standard InChI is InChI=1S/C26H24BrN5O/c27-21-14-31(25-24(21)26(29-16-28-25)33-15-18-7-3-1-4-8-18)20-11-12-23-22(13-20)30-17-32(23)19-9-5-2-6-10-19/h1,3-4,7-8,11-14,16-17,19H,2,5-6,9-10,15H2. The number of hydrogen-bond acceptors (Lipinski definition) is 4. The maximum absolute atomic E-state index is 6.07. The number of rotatable bonds is 5. The highest BCUT2D eigenvalue weighted by molar-refractivity contribution is 9.10. The molecule has 0 unspecified atom stereocenters. The number of fused-ring (bicyclic) bond motifs is 2. The number of ether oxygens (including phenoxy) is 1. The molecular formula is C26H24BrN5O. The van der Waals surface area contributed by atoms with Gasteiger partial charge in [0.25, 0.3) is 0 Å². The van der Waals surface area contributed by atoms with Gasteiger partial charge in [-0.05, 0) is 52.5 Å². The lowest BCUT2D eigenvalue weighted by Crippen LogP contribution is -2.11. The molecule has 3 heterocycles. The van der Waals surface area contributed by atoms with Crippen LogP contribution in [-0.4, -0.2) is 24.1 Å². The second-order valence-electron chi connectivity index (χ2n) is 8.62. The molecule has 0 atom stereocenters. The summed E-state index contributed by atoms with van der Waals surface area (Å²) in [7, 11) is 0. The number of nitrogens with zero attached hydrogens (tertiary/aromatic N) is 5. The van der Waals surface area contributed by atoms with Crippen molar-refractivity contribution in [3.63, 3.8) is 0 Å². The van der Waals surface area contributed by atoms with E-state index in [0.29, 0.717) is 18.5 Å². The van der Waals surface area contributed by atoms with Crippen molar-refractivity contribution in [3.8, 4) is 11.6 Å². The number of halogens is 1. The van der Waals surface area contributed by atoms with Gasteiger partial charge in [-0.25, -0.2) is 15.0 Å². The van der Waals surface area contributed by atoms with E-state index in [2.05, 4.69) is 53.2 Å². The maximum atomic E-state index is 6.07. The number of benzene rings is 2. The third-order valence-electron chi connectivity index (χ3n) is 6.52. The highest BCUT2D eigenvalue weighted by Crippen LogP contribution is 2.35. The zero-order chi connectivity index (χ0) is 22.2. The minimum atomic E-state index is 0.454. The summed E-state index contributed by atoms with van der Waals surface area (Å²) in [6.07, 6.45) is 12.0. The van der Waals surface area contributed by atoms with Gasteiger partial charge >= 0.3 is 0 Å². The van der Waals surface area contributed by atoms with E-state index in [0.717, 1.165) is 32.3 Å². The van der Waals surface area contributed by atoms with E-state index >= 15 is 0 Å². The molecule has 0 amide bonds. The van der Waals surface area contributed by atoms with Gasteiger partial charge in [0.15, 0.2) is 5.65 Å². The minimum absolute atomic E-state index is 0.454. The summed E-state index contributed by atoms with van der Waals surface area (Å²) in [5, 5.41) is 0.862. The van der Waals surface area contributed by atoms with Crippen LogP contribution in [0.25, 0.3) is 27.8 Å². The molecule has 6 nitrogen and oxygen atoms in total. The van der Waals surface area contributed by atoms with Crippen molar-refractivity contribution in [3.05, 3.63) is 77.4 Å². The number of imidazole rings is 1. The summed E-state index contributed by atoms with van der Waals surface area (Å²) < 4.78 is 11.4. The van der Waals surface area contributed by atoms with Crippen LogP contribution in [0.3, 0.4) is 0 Å². The van der Waals surface area contributed by atoms with E-state index in [9.17, 15) is 0 Å². The van der Waals surface area contributed by atoms with Crippen molar-refractivity contribution in [2.75, 3.05) is 0 Å².